The molecule has 2 aromatic rings. The molecule has 9 heteroatoms. The zero-order valence-electron chi connectivity index (χ0n) is 16.2. The van der Waals surface area contributed by atoms with Gasteiger partial charge in [-0.1, -0.05) is 26.8 Å². The van der Waals surface area contributed by atoms with Gasteiger partial charge in [0.2, 0.25) is 5.91 Å². The topological polar surface area (TPSA) is 92.6 Å². The van der Waals surface area contributed by atoms with Crippen LogP contribution in [0.15, 0.2) is 51.6 Å². The first-order valence-corrected chi connectivity index (χ1v) is 9.89. The Balaban J connectivity index is 1.74. The minimum absolute atomic E-state index is 0.00954. The number of hydrazine groups is 1. The van der Waals surface area contributed by atoms with E-state index >= 15 is 0 Å². The Hall–Kier alpha value is -2.65. The smallest absolute Gasteiger partial charge is 0.276 e. The summed E-state index contributed by atoms with van der Waals surface area (Å²) in [6.45, 7) is 6.12. The highest BCUT2D eigenvalue weighted by molar-refractivity contribution is 9.10. The number of thiocarbonyl (C=S) groups is 1. The van der Waals surface area contributed by atoms with Gasteiger partial charge in [0.1, 0.15) is 11.5 Å². The molecule has 0 aliphatic heterocycles. The number of benzene rings is 1. The van der Waals surface area contributed by atoms with Crippen molar-refractivity contribution in [2.24, 2.45) is 0 Å². The van der Waals surface area contributed by atoms with Crippen molar-refractivity contribution in [3.8, 4) is 5.75 Å². The Morgan fingerprint density at radius 1 is 1.24 bits per heavy atom. The second-order valence-electron chi connectivity index (χ2n) is 7.02. The number of hydrogen-bond acceptors (Lipinski definition) is 5. The third-order valence-corrected chi connectivity index (χ3v) is 4.47. The van der Waals surface area contributed by atoms with Gasteiger partial charge < -0.3 is 9.15 Å². The van der Waals surface area contributed by atoms with Gasteiger partial charge in [-0.25, -0.2) is 0 Å². The summed E-state index contributed by atoms with van der Waals surface area (Å²) in [6.07, 6.45) is 4.25. The molecule has 0 saturated heterocycles. The third kappa shape index (κ3) is 7.71. The van der Waals surface area contributed by atoms with Gasteiger partial charge in [-0.2, -0.15) is 0 Å². The van der Waals surface area contributed by atoms with E-state index in [2.05, 4.69) is 52.9 Å². The van der Waals surface area contributed by atoms with Crippen molar-refractivity contribution in [2.75, 3.05) is 6.61 Å². The van der Waals surface area contributed by atoms with E-state index in [4.69, 9.17) is 21.4 Å². The fraction of sp³-hybridized carbons (Fsp3) is 0.250. The molecule has 0 fully saturated rings. The highest BCUT2D eigenvalue weighted by Gasteiger charge is 2.15. The number of nitrogens with one attached hydrogen (secondary N) is 3. The predicted molar refractivity (Wildman–Crippen MR) is 118 cm³/mol. The first-order valence-electron chi connectivity index (χ1n) is 8.69. The number of ether oxygens (including phenoxy) is 1. The maximum absolute atomic E-state index is 11.9. The van der Waals surface area contributed by atoms with Crippen LogP contribution in [-0.2, 0) is 15.0 Å². The molecule has 1 aromatic carbocycles. The lowest BCUT2D eigenvalue weighted by atomic mass is 9.87. The van der Waals surface area contributed by atoms with Crippen LogP contribution in [0, 0.1) is 0 Å². The van der Waals surface area contributed by atoms with Gasteiger partial charge in [-0.05, 0) is 69.5 Å². The molecular weight excluding hydrogens is 458 g/mol. The van der Waals surface area contributed by atoms with E-state index in [1.165, 1.54) is 18.4 Å². The maximum atomic E-state index is 11.9. The first-order chi connectivity index (χ1) is 13.6. The maximum Gasteiger partial charge on any atom is 0.276 e. The number of halogens is 1. The van der Waals surface area contributed by atoms with Gasteiger partial charge in [0, 0.05) is 6.08 Å². The number of hydrogen-bond donors (Lipinski definition) is 3. The van der Waals surface area contributed by atoms with E-state index in [0.29, 0.717) is 11.5 Å². The summed E-state index contributed by atoms with van der Waals surface area (Å²) in [4.78, 5) is 23.6. The van der Waals surface area contributed by atoms with Crippen molar-refractivity contribution in [1.29, 1.82) is 0 Å². The van der Waals surface area contributed by atoms with E-state index in [-0.39, 0.29) is 17.1 Å². The minimum Gasteiger partial charge on any atom is -0.483 e. The summed E-state index contributed by atoms with van der Waals surface area (Å²) in [5.41, 5.74) is 5.95. The van der Waals surface area contributed by atoms with Gasteiger partial charge in [-0.15, -0.1) is 0 Å². The molecule has 0 aliphatic rings. The fourth-order valence-corrected chi connectivity index (χ4v) is 2.76. The summed E-state index contributed by atoms with van der Waals surface area (Å²) < 4.78 is 11.3. The van der Waals surface area contributed by atoms with Crippen molar-refractivity contribution in [3.63, 3.8) is 0 Å². The quantitative estimate of drug-likeness (QED) is 0.345. The Morgan fingerprint density at radius 2 is 2.00 bits per heavy atom. The predicted octanol–water partition coefficient (Wildman–Crippen LogP) is 3.45. The van der Waals surface area contributed by atoms with Crippen LogP contribution < -0.4 is 20.9 Å². The number of carbonyl (C=O) groups excluding carboxylic acids is 2. The SMILES string of the molecule is CC(C)(C)c1ccc(OCC(=O)NNC(=S)NC(=O)/C=C\c2ccco2)c(Br)c1. The van der Waals surface area contributed by atoms with Crippen LogP contribution in [0.25, 0.3) is 6.08 Å². The lowest BCUT2D eigenvalue weighted by Gasteiger charge is -2.20. The van der Waals surface area contributed by atoms with Crippen LogP contribution in [0.5, 0.6) is 5.75 Å². The molecule has 0 bridgehead atoms. The summed E-state index contributed by atoms with van der Waals surface area (Å²) in [6, 6.07) is 9.14. The average molecular weight is 480 g/mol. The van der Waals surface area contributed by atoms with Crippen LogP contribution in [-0.4, -0.2) is 23.5 Å². The Kier molecular flexibility index (Phi) is 7.98. The highest BCUT2D eigenvalue weighted by atomic mass is 79.9. The van der Waals surface area contributed by atoms with E-state index in [0.717, 1.165) is 10.0 Å². The molecule has 1 aromatic heterocycles. The molecule has 0 saturated carbocycles. The van der Waals surface area contributed by atoms with Crippen LogP contribution in [0.2, 0.25) is 0 Å². The number of amides is 2. The Morgan fingerprint density at radius 3 is 2.62 bits per heavy atom. The van der Waals surface area contributed by atoms with Crippen molar-refractivity contribution in [3.05, 3.63) is 58.5 Å². The molecule has 0 unspecified atom stereocenters. The molecule has 0 spiro atoms. The molecule has 29 heavy (non-hydrogen) atoms. The number of carbonyl (C=O) groups is 2. The molecular formula is C20H22BrN3O4S. The Labute approximate surface area is 183 Å². The zero-order chi connectivity index (χ0) is 21.4. The number of rotatable bonds is 5. The van der Waals surface area contributed by atoms with E-state index in [1.807, 2.05) is 18.2 Å². The molecule has 0 radical (unpaired) electrons. The monoisotopic (exact) mass is 479 g/mol. The molecule has 0 atom stereocenters. The minimum atomic E-state index is -0.465. The second-order valence-corrected chi connectivity index (χ2v) is 8.29. The van der Waals surface area contributed by atoms with Gasteiger partial charge in [0.05, 0.1) is 10.7 Å². The van der Waals surface area contributed by atoms with Gasteiger partial charge in [0.15, 0.2) is 11.7 Å². The van der Waals surface area contributed by atoms with Crippen molar-refractivity contribution < 1.29 is 18.7 Å². The van der Waals surface area contributed by atoms with E-state index in [1.54, 1.807) is 12.1 Å². The highest BCUT2D eigenvalue weighted by Crippen LogP contribution is 2.31. The van der Waals surface area contributed by atoms with Crippen LogP contribution in [0.3, 0.4) is 0 Å². The molecule has 0 aliphatic carbocycles. The summed E-state index contributed by atoms with van der Waals surface area (Å²) in [5.74, 6) is 0.157. The molecule has 2 rings (SSSR count). The first kappa shape index (κ1) is 22.6. The fourth-order valence-electron chi connectivity index (χ4n) is 2.12. The van der Waals surface area contributed by atoms with E-state index in [9.17, 15) is 9.59 Å². The van der Waals surface area contributed by atoms with Gasteiger partial charge in [0.25, 0.3) is 5.91 Å². The van der Waals surface area contributed by atoms with E-state index < -0.39 is 11.8 Å². The summed E-state index contributed by atoms with van der Waals surface area (Å²) in [7, 11) is 0. The lowest BCUT2D eigenvalue weighted by molar-refractivity contribution is -0.123. The standard InChI is InChI=1S/C20H22BrN3O4S/c1-20(2,3)13-6-8-16(15(21)11-13)28-12-18(26)23-24-19(29)22-17(25)9-7-14-5-4-10-27-14/h4-11H,12H2,1-3H3,(H,23,26)(H2,22,24,25,29)/b9-7-. The number of furan rings is 1. The Bertz CT molecular complexity index is 905. The third-order valence-electron chi connectivity index (χ3n) is 3.65. The lowest BCUT2D eigenvalue weighted by Crippen LogP contribution is -2.49. The molecule has 2 amide bonds. The largest absolute Gasteiger partial charge is 0.483 e. The van der Waals surface area contributed by atoms with Crippen molar-refractivity contribution in [2.45, 2.75) is 26.2 Å². The summed E-state index contributed by atoms with van der Waals surface area (Å²) in [5, 5.41) is 2.34. The van der Waals surface area contributed by atoms with Crippen LogP contribution in [0.1, 0.15) is 32.1 Å². The summed E-state index contributed by atoms with van der Waals surface area (Å²) >= 11 is 8.40. The molecule has 3 N–H and O–H groups in total. The van der Waals surface area contributed by atoms with Crippen LogP contribution >= 0.6 is 28.1 Å². The van der Waals surface area contributed by atoms with Crippen molar-refractivity contribution in [1.82, 2.24) is 16.2 Å². The zero-order valence-corrected chi connectivity index (χ0v) is 18.6. The van der Waals surface area contributed by atoms with Gasteiger partial charge in [-0.3, -0.25) is 25.8 Å². The van der Waals surface area contributed by atoms with Crippen molar-refractivity contribution >= 4 is 51.2 Å². The molecule has 154 valence electrons. The average Bonchev–Trinajstić information content (AvgIpc) is 3.16. The van der Waals surface area contributed by atoms with Crippen LogP contribution in [0.4, 0.5) is 0 Å². The normalized spacial score (nSPS) is 11.2. The van der Waals surface area contributed by atoms with Gasteiger partial charge >= 0.3 is 0 Å². The second kappa shape index (κ2) is 10.2. The molecule has 1 heterocycles. The molecule has 7 nitrogen and oxygen atoms in total.